The van der Waals surface area contributed by atoms with Crippen molar-refractivity contribution in [1.82, 2.24) is 0 Å². The maximum atomic E-state index is 13.5. The van der Waals surface area contributed by atoms with Crippen LogP contribution in [-0.4, -0.2) is 31.3 Å². The van der Waals surface area contributed by atoms with Crippen molar-refractivity contribution in [3.8, 4) is 11.5 Å². The lowest BCUT2D eigenvalue weighted by molar-refractivity contribution is -0.140. The third-order valence-corrected chi connectivity index (χ3v) is 4.27. The van der Waals surface area contributed by atoms with Crippen molar-refractivity contribution in [2.24, 2.45) is 0 Å². The Balaban J connectivity index is 0.000000257. The molecular weight excluding hydrogens is 434 g/mol. The Morgan fingerprint density at radius 1 is 0.758 bits per heavy atom. The fraction of sp³-hybridized carbons (Fsp3) is 0.200. The van der Waals surface area contributed by atoms with E-state index in [4.69, 9.17) is 9.84 Å². The quantitative estimate of drug-likeness (QED) is 0.530. The minimum absolute atomic E-state index is 0.0238. The van der Waals surface area contributed by atoms with Gasteiger partial charge in [-0.3, -0.25) is 9.59 Å². The SMILES string of the molecule is COC(=O)Cc1cc(F)cc(OCc2ccccc2)c1.COC(=O)Cc1cc(O)cc(F)c1. The van der Waals surface area contributed by atoms with Crippen molar-refractivity contribution < 1.29 is 37.7 Å². The molecular formula is C25H24F2O6. The lowest BCUT2D eigenvalue weighted by Crippen LogP contribution is -2.05. The maximum Gasteiger partial charge on any atom is 0.309 e. The molecule has 0 aromatic heterocycles. The minimum Gasteiger partial charge on any atom is -0.508 e. The van der Waals surface area contributed by atoms with Crippen molar-refractivity contribution >= 4 is 11.9 Å². The van der Waals surface area contributed by atoms with Crippen LogP contribution < -0.4 is 4.74 Å². The molecule has 8 heteroatoms. The van der Waals surface area contributed by atoms with Gasteiger partial charge in [0.2, 0.25) is 0 Å². The summed E-state index contributed by atoms with van der Waals surface area (Å²) < 4.78 is 40.6. The molecule has 0 spiro atoms. The van der Waals surface area contributed by atoms with Gasteiger partial charge in [-0.2, -0.15) is 0 Å². The summed E-state index contributed by atoms with van der Waals surface area (Å²) in [7, 11) is 2.55. The van der Waals surface area contributed by atoms with E-state index in [1.165, 1.54) is 38.5 Å². The highest BCUT2D eigenvalue weighted by Gasteiger charge is 2.08. The van der Waals surface area contributed by atoms with Gasteiger partial charge in [-0.15, -0.1) is 0 Å². The number of phenolic OH excluding ortho intramolecular Hbond substituents is 1. The second-order valence-corrected chi connectivity index (χ2v) is 6.89. The van der Waals surface area contributed by atoms with E-state index < -0.39 is 23.6 Å². The molecule has 0 saturated carbocycles. The fourth-order valence-electron chi connectivity index (χ4n) is 2.76. The van der Waals surface area contributed by atoms with Crippen molar-refractivity contribution in [2.45, 2.75) is 19.4 Å². The van der Waals surface area contributed by atoms with Crippen LogP contribution in [0.4, 0.5) is 8.78 Å². The summed E-state index contributed by atoms with van der Waals surface area (Å²) in [6.45, 7) is 0.349. The van der Waals surface area contributed by atoms with E-state index in [2.05, 4.69) is 9.47 Å². The molecule has 3 rings (SSSR count). The summed E-state index contributed by atoms with van der Waals surface area (Å²) in [6, 6.07) is 17.3. The maximum absolute atomic E-state index is 13.5. The third-order valence-electron chi connectivity index (χ3n) is 4.27. The van der Waals surface area contributed by atoms with Gasteiger partial charge in [-0.1, -0.05) is 30.3 Å². The molecule has 3 aromatic carbocycles. The topological polar surface area (TPSA) is 82.1 Å². The van der Waals surface area contributed by atoms with Gasteiger partial charge in [0.05, 0.1) is 27.1 Å². The molecule has 0 aliphatic carbocycles. The number of benzene rings is 3. The van der Waals surface area contributed by atoms with Crippen LogP contribution in [0.15, 0.2) is 66.7 Å². The van der Waals surface area contributed by atoms with Gasteiger partial charge in [0, 0.05) is 12.1 Å². The summed E-state index contributed by atoms with van der Waals surface area (Å²) in [5.41, 5.74) is 1.91. The molecule has 33 heavy (non-hydrogen) atoms. The number of esters is 2. The zero-order chi connectivity index (χ0) is 24.2. The molecule has 0 heterocycles. The first kappa shape index (κ1) is 25.3. The smallest absolute Gasteiger partial charge is 0.309 e. The molecule has 3 aromatic rings. The number of halogens is 2. The van der Waals surface area contributed by atoms with Crippen LogP contribution in [-0.2, 0) is 38.5 Å². The molecule has 6 nitrogen and oxygen atoms in total. The van der Waals surface area contributed by atoms with E-state index in [9.17, 15) is 18.4 Å². The fourth-order valence-corrected chi connectivity index (χ4v) is 2.76. The monoisotopic (exact) mass is 458 g/mol. The number of carbonyl (C=O) groups excluding carboxylic acids is 2. The van der Waals surface area contributed by atoms with Gasteiger partial charge >= 0.3 is 11.9 Å². The number of aromatic hydroxyl groups is 1. The van der Waals surface area contributed by atoms with Gasteiger partial charge in [0.25, 0.3) is 0 Å². The van der Waals surface area contributed by atoms with Crippen LogP contribution in [0.25, 0.3) is 0 Å². The standard InChI is InChI=1S/C16H15FO3.C9H9FO3/c1-19-16(18)9-13-7-14(17)10-15(8-13)20-11-12-5-3-2-4-6-12;1-13-9(12)4-6-2-7(10)5-8(11)3-6/h2-8,10H,9,11H2,1H3;2-3,5,11H,4H2,1H3. The van der Waals surface area contributed by atoms with Crippen LogP contribution >= 0.6 is 0 Å². The van der Waals surface area contributed by atoms with Crippen molar-refractivity contribution in [3.63, 3.8) is 0 Å². The lowest BCUT2D eigenvalue weighted by atomic mass is 10.1. The van der Waals surface area contributed by atoms with Gasteiger partial charge in [0.15, 0.2) is 0 Å². The van der Waals surface area contributed by atoms with E-state index in [1.54, 1.807) is 6.07 Å². The Labute approximate surface area is 190 Å². The summed E-state index contributed by atoms with van der Waals surface area (Å²) in [5, 5.41) is 8.99. The first-order valence-corrected chi connectivity index (χ1v) is 9.87. The third kappa shape index (κ3) is 9.39. The average Bonchev–Trinajstić information content (AvgIpc) is 2.77. The number of phenols is 1. The molecule has 0 unspecified atom stereocenters. The lowest BCUT2D eigenvalue weighted by Gasteiger charge is -2.08. The Kier molecular flexibility index (Phi) is 9.82. The van der Waals surface area contributed by atoms with Gasteiger partial charge in [-0.25, -0.2) is 8.78 Å². The Hall–Kier alpha value is -3.94. The molecule has 0 atom stereocenters. The zero-order valence-electron chi connectivity index (χ0n) is 18.2. The van der Waals surface area contributed by atoms with Crippen LogP contribution in [0.2, 0.25) is 0 Å². The van der Waals surface area contributed by atoms with E-state index in [0.29, 0.717) is 23.5 Å². The summed E-state index contributed by atoms with van der Waals surface area (Å²) in [4.78, 5) is 22.0. The Morgan fingerprint density at radius 3 is 1.85 bits per heavy atom. The van der Waals surface area contributed by atoms with E-state index in [-0.39, 0.29) is 18.6 Å². The molecule has 0 aliphatic heterocycles. The van der Waals surface area contributed by atoms with Crippen LogP contribution in [0, 0.1) is 11.6 Å². The largest absolute Gasteiger partial charge is 0.508 e. The molecule has 0 amide bonds. The van der Waals surface area contributed by atoms with Gasteiger partial charge < -0.3 is 19.3 Å². The summed E-state index contributed by atoms with van der Waals surface area (Å²) in [6.07, 6.45) is -0.0161. The van der Waals surface area contributed by atoms with Crippen molar-refractivity contribution in [2.75, 3.05) is 14.2 Å². The van der Waals surface area contributed by atoms with Gasteiger partial charge in [-0.05, 0) is 41.0 Å². The number of rotatable bonds is 7. The molecule has 0 radical (unpaired) electrons. The highest BCUT2D eigenvalue weighted by molar-refractivity contribution is 5.73. The van der Waals surface area contributed by atoms with Gasteiger partial charge in [0.1, 0.15) is 29.7 Å². The number of hydrogen-bond donors (Lipinski definition) is 1. The van der Waals surface area contributed by atoms with E-state index in [1.807, 2.05) is 30.3 Å². The molecule has 1 N–H and O–H groups in total. The molecule has 0 saturated heterocycles. The summed E-state index contributed by atoms with van der Waals surface area (Å²) >= 11 is 0. The van der Waals surface area contributed by atoms with Crippen molar-refractivity contribution in [1.29, 1.82) is 0 Å². The number of ether oxygens (including phenoxy) is 3. The predicted molar refractivity (Wildman–Crippen MR) is 117 cm³/mol. The van der Waals surface area contributed by atoms with Crippen LogP contribution in [0.3, 0.4) is 0 Å². The molecule has 0 fully saturated rings. The average molecular weight is 458 g/mol. The Morgan fingerprint density at radius 2 is 1.30 bits per heavy atom. The highest BCUT2D eigenvalue weighted by atomic mass is 19.1. The van der Waals surface area contributed by atoms with Crippen LogP contribution in [0.1, 0.15) is 16.7 Å². The highest BCUT2D eigenvalue weighted by Crippen LogP contribution is 2.19. The minimum atomic E-state index is -0.570. The first-order valence-electron chi connectivity index (χ1n) is 9.87. The van der Waals surface area contributed by atoms with Crippen LogP contribution in [0.5, 0.6) is 11.5 Å². The second kappa shape index (κ2) is 12.8. The number of methoxy groups -OCH3 is 2. The Bertz CT molecular complexity index is 1050. The molecule has 174 valence electrons. The zero-order valence-corrected chi connectivity index (χ0v) is 18.2. The van der Waals surface area contributed by atoms with E-state index >= 15 is 0 Å². The van der Waals surface area contributed by atoms with E-state index in [0.717, 1.165) is 11.6 Å². The first-order chi connectivity index (χ1) is 15.8. The molecule has 0 aliphatic rings. The number of carbonyl (C=O) groups is 2. The second-order valence-electron chi connectivity index (χ2n) is 6.89. The van der Waals surface area contributed by atoms with Crippen molar-refractivity contribution in [3.05, 3.63) is 95.1 Å². The normalized spacial score (nSPS) is 9.94. The summed E-state index contributed by atoms with van der Waals surface area (Å²) in [5.74, 6) is -1.69. The predicted octanol–water partition coefficient (Wildman–Crippen LogP) is 4.37. The number of hydrogen-bond acceptors (Lipinski definition) is 6. The molecule has 0 bridgehead atoms.